The van der Waals surface area contributed by atoms with Crippen molar-refractivity contribution in [3.63, 3.8) is 0 Å². The fourth-order valence-electron chi connectivity index (χ4n) is 3.87. The van der Waals surface area contributed by atoms with Crippen LogP contribution in [-0.2, 0) is 20.1 Å². The van der Waals surface area contributed by atoms with Crippen molar-refractivity contribution in [3.8, 4) is 5.75 Å². The molecular formula is C20H25N5O3. The van der Waals surface area contributed by atoms with Crippen molar-refractivity contribution < 1.29 is 4.74 Å². The number of benzene rings is 1. The van der Waals surface area contributed by atoms with Crippen LogP contribution in [0.5, 0.6) is 5.75 Å². The molecule has 28 heavy (non-hydrogen) atoms. The molecule has 148 valence electrons. The number of nitrogens with zero attached hydrogens (tertiary/aromatic N) is 5. The molecule has 0 saturated heterocycles. The Balaban J connectivity index is 1.99. The second kappa shape index (κ2) is 6.85. The number of imidazole rings is 1. The van der Waals surface area contributed by atoms with Gasteiger partial charge in [-0.05, 0) is 24.5 Å². The van der Waals surface area contributed by atoms with E-state index in [1.807, 2.05) is 42.7 Å². The van der Waals surface area contributed by atoms with Gasteiger partial charge in [-0.1, -0.05) is 26.0 Å². The molecule has 1 aliphatic rings. The molecule has 0 spiro atoms. The van der Waals surface area contributed by atoms with Gasteiger partial charge in [-0.15, -0.1) is 0 Å². The van der Waals surface area contributed by atoms with Crippen LogP contribution in [0.3, 0.4) is 0 Å². The fourth-order valence-corrected chi connectivity index (χ4v) is 3.87. The summed E-state index contributed by atoms with van der Waals surface area (Å²) in [7, 11) is 3.31. The number of hydrogen-bond acceptors (Lipinski definition) is 5. The van der Waals surface area contributed by atoms with E-state index in [1.165, 1.54) is 9.13 Å². The quantitative estimate of drug-likeness (QED) is 0.690. The summed E-state index contributed by atoms with van der Waals surface area (Å²) in [4.78, 5) is 32.7. The first-order chi connectivity index (χ1) is 13.4. The zero-order valence-corrected chi connectivity index (χ0v) is 16.7. The maximum atomic E-state index is 13.2. The zero-order chi connectivity index (χ0) is 20.0. The lowest BCUT2D eigenvalue weighted by Crippen LogP contribution is -2.40. The maximum absolute atomic E-state index is 13.2. The van der Waals surface area contributed by atoms with Crippen LogP contribution in [0.4, 0.5) is 11.6 Å². The van der Waals surface area contributed by atoms with E-state index in [-0.39, 0.29) is 17.2 Å². The molecule has 3 heterocycles. The van der Waals surface area contributed by atoms with Crippen LogP contribution in [0.15, 0.2) is 33.9 Å². The number of fused-ring (bicyclic) bond motifs is 3. The van der Waals surface area contributed by atoms with Gasteiger partial charge in [0.25, 0.3) is 5.56 Å². The normalized spacial score (nSPS) is 14.0. The first-order valence-electron chi connectivity index (χ1n) is 9.54. The highest BCUT2D eigenvalue weighted by atomic mass is 16.5. The zero-order valence-electron chi connectivity index (χ0n) is 16.7. The summed E-state index contributed by atoms with van der Waals surface area (Å²) in [6.45, 7) is 5.82. The minimum Gasteiger partial charge on any atom is -0.495 e. The van der Waals surface area contributed by atoms with E-state index in [0.29, 0.717) is 30.2 Å². The second-order valence-corrected chi connectivity index (χ2v) is 7.56. The van der Waals surface area contributed by atoms with Crippen LogP contribution in [0.2, 0.25) is 0 Å². The molecule has 0 saturated carbocycles. The lowest BCUT2D eigenvalue weighted by Gasteiger charge is -2.30. The summed E-state index contributed by atoms with van der Waals surface area (Å²) in [5.74, 6) is 1.60. The molecule has 8 heteroatoms. The highest BCUT2D eigenvalue weighted by molar-refractivity contribution is 5.78. The van der Waals surface area contributed by atoms with Gasteiger partial charge in [-0.2, -0.15) is 4.98 Å². The maximum Gasteiger partial charge on any atom is 0.332 e. The summed E-state index contributed by atoms with van der Waals surface area (Å²) in [6, 6.07) is 7.75. The Morgan fingerprint density at radius 3 is 2.64 bits per heavy atom. The molecule has 0 unspecified atom stereocenters. The van der Waals surface area contributed by atoms with Crippen LogP contribution in [0.25, 0.3) is 11.2 Å². The van der Waals surface area contributed by atoms with Crippen molar-refractivity contribution in [2.45, 2.75) is 33.4 Å². The van der Waals surface area contributed by atoms with Gasteiger partial charge in [0.2, 0.25) is 5.95 Å². The number of aryl methyl sites for hydroxylation is 2. The monoisotopic (exact) mass is 383 g/mol. The predicted octanol–water partition coefficient (Wildman–Crippen LogP) is 2.10. The van der Waals surface area contributed by atoms with Crippen LogP contribution in [0, 0.1) is 5.92 Å². The Kier molecular flexibility index (Phi) is 4.49. The topological polar surface area (TPSA) is 74.3 Å². The third-order valence-corrected chi connectivity index (χ3v) is 5.14. The molecule has 1 aromatic carbocycles. The lowest BCUT2D eigenvalue weighted by molar-refractivity contribution is 0.414. The third kappa shape index (κ3) is 2.71. The van der Waals surface area contributed by atoms with Crippen LogP contribution < -0.4 is 20.9 Å². The molecule has 0 N–H and O–H groups in total. The van der Waals surface area contributed by atoms with Gasteiger partial charge in [-0.25, -0.2) is 4.79 Å². The van der Waals surface area contributed by atoms with E-state index < -0.39 is 0 Å². The van der Waals surface area contributed by atoms with Crippen molar-refractivity contribution in [2.75, 3.05) is 18.6 Å². The van der Waals surface area contributed by atoms with E-state index in [1.54, 1.807) is 14.2 Å². The van der Waals surface area contributed by atoms with Crippen molar-refractivity contribution in [1.29, 1.82) is 0 Å². The van der Waals surface area contributed by atoms with Gasteiger partial charge in [-0.3, -0.25) is 13.9 Å². The molecule has 2 aromatic heterocycles. The summed E-state index contributed by atoms with van der Waals surface area (Å²) in [6.07, 6.45) is 0.864. The van der Waals surface area contributed by atoms with Crippen molar-refractivity contribution in [2.24, 2.45) is 13.0 Å². The Morgan fingerprint density at radius 2 is 1.93 bits per heavy atom. The number of aromatic nitrogens is 4. The standard InChI is InChI=1S/C20H25N5O3/c1-13(2)12-25-18(26)16-17(22(3)20(25)27)21-19-23(10-7-11-24(16)19)14-8-5-6-9-15(14)28-4/h5-6,8-9,13H,7,10-12H2,1-4H3. The minimum absolute atomic E-state index is 0.191. The SMILES string of the molecule is COc1ccccc1N1CCCn2c1nc1c2c(=O)n(CC(C)C)c(=O)n1C. The van der Waals surface area contributed by atoms with Gasteiger partial charge in [0.1, 0.15) is 5.75 Å². The van der Waals surface area contributed by atoms with Crippen molar-refractivity contribution in [3.05, 3.63) is 45.1 Å². The van der Waals surface area contributed by atoms with E-state index >= 15 is 0 Å². The van der Waals surface area contributed by atoms with Gasteiger partial charge in [0.15, 0.2) is 11.2 Å². The number of hydrogen-bond donors (Lipinski definition) is 0. The number of methoxy groups -OCH3 is 1. The minimum atomic E-state index is -0.328. The summed E-state index contributed by atoms with van der Waals surface area (Å²) in [5.41, 5.74) is 1.20. The van der Waals surface area contributed by atoms with Crippen LogP contribution >= 0.6 is 0 Å². The molecular weight excluding hydrogens is 358 g/mol. The van der Waals surface area contributed by atoms with Gasteiger partial charge in [0.05, 0.1) is 12.8 Å². The fraction of sp³-hybridized carbons (Fsp3) is 0.450. The smallest absolute Gasteiger partial charge is 0.332 e. The lowest BCUT2D eigenvalue weighted by atomic mass is 10.2. The van der Waals surface area contributed by atoms with E-state index in [9.17, 15) is 9.59 Å². The van der Waals surface area contributed by atoms with Gasteiger partial charge >= 0.3 is 5.69 Å². The predicted molar refractivity (Wildman–Crippen MR) is 109 cm³/mol. The number of rotatable bonds is 4. The van der Waals surface area contributed by atoms with Crippen molar-refractivity contribution >= 4 is 22.8 Å². The number of para-hydroxylation sites is 2. The molecule has 3 aromatic rings. The highest BCUT2D eigenvalue weighted by Gasteiger charge is 2.28. The largest absolute Gasteiger partial charge is 0.495 e. The molecule has 1 aliphatic heterocycles. The van der Waals surface area contributed by atoms with Gasteiger partial charge in [0, 0.05) is 26.7 Å². The van der Waals surface area contributed by atoms with E-state index in [4.69, 9.17) is 9.72 Å². The first kappa shape index (κ1) is 18.3. The Hall–Kier alpha value is -3.03. The Labute approximate surface area is 162 Å². The molecule has 0 fully saturated rings. The van der Waals surface area contributed by atoms with Gasteiger partial charge < -0.3 is 14.2 Å². The molecule has 0 radical (unpaired) electrons. The number of ether oxygens (including phenoxy) is 1. The van der Waals surface area contributed by atoms with Crippen molar-refractivity contribution in [1.82, 2.24) is 18.7 Å². The van der Waals surface area contributed by atoms with E-state index in [2.05, 4.69) is 4.90 Å². The molecule has 0 aliphatic carbocycles. The molecule has 8 nitrogen and oxygen atoms in total. The summed E-state index contributed by atoms with van der Waals surface area (Å²) >= 11 is 0. The molecule has 0 atom stereocenters. The average Bonchev–Trinajstić information content (AvgIpc) is 3.09. The van der Waals surface area contributed by atoms with Crippen LogP contribution in [-0.4, -0.2) is 32.3 Å². The second-order valence-electron chi connectivity index (χ2n) is 7.56. The highest BCUT2D eigenvalue weighted by Crippen LogP contribution is 2.36. The summed E-state index contributed by atoms with van der Waals surface area (Å²) in [5, 5.41) is 0. The van der Waals surface area contributed by atoms with Crippen LogP contribution in [0.1, 0.15) is 20.3 Å². The third-order valence-electron chi connectivity index (χ3n) is 5.14. The Bertz CT molecular complexity index is 1160. The molecule has 0 amide bonds. The molecule has 0 bridgehead atoms. The first-order valence-corrected chi connectivity index (χ1v) is 9.54. The van der Waals surface area contributed by atoms with E-state index in [0.717, 1.165) is 24.4 Å². The Morgan fingerprint density at radius 1 is 1.18 bits per heavy atom. The summed E-state index contributed by atoms with van der Waals surface area (Å²) < 4.78 is 10.3. The number of anilines is 2. The molecule has 4 rings (SSSR count). The average molecular weight is 383 g/mol.